The zero-order valence-electron chi connectivity index (χ0n) is 9.64. The average Bonchev–Trinajstić information content (AvgIpc) is 2.69. The summed E-state index contributed by atoms with van der Waals surface area (Å²) in [4.78, 5) is 2.59. The minimum atomic E-state index is 0.852. The second-order valence-electron chi connectivity index (χ2n) is 4.69. The molecule has 0 aliphatic heterocycles. The summed E-state index contributed by atoms with van der Waals surface area (Å²) >= 11 is 3.63. The van der Waals surface area contributed by atoms with Gasteiger partial charge in [-0.3, -0.25) is 0 Å². The Morgan fingerprint density at radius 3 is 2.50 bits per heavy atom. The van der Waals surface area contributed by atoms with Gasteiger partial charge in [0.05, 0.1) is 0 Å². The zero-order chi connectivity index (χ0) is 10.4. The largest absolute Gasteiger partial charge is 0.303 e. The van der Waals surface area contributed by atoms with Crippen LogP contribution in [0.3, 0.4) is 0 Å². The molecule has 0 amide bonds. The lowest BCUT2D eigenvalue weighted by Crippen LogP contribution is -2.34. The van der Waals surface area contributed by atoms with Gasteiger partial charge in [-0.05, 0) is 32.2 Å². The number of hydrogen-bond donors (Lipinski definition) is 0. The summed E-state index contributed by atoms with van der Waals surface area (Å²) in [5, 5.41) is 1.16. The molecular formula is C12H24BrN. The highest BCUT2D eigenvalue weighted by molar-refractivity contribution is 9.09. The molecule has 1 saturated carbocycles. The smallest absolute Gasteiger partial charge is 0.00923 e. The van der Waals surface area contributed by atoms with E-state index in [2.05, 4.69) is 34.8 Å². The molecule has 1 atom stereocenters. The Balaban J connectivity index is 2.25. The molecule has 1 fully saturated rings. The highest BCUT2D eigenvalue weighted by atomic mass is 79.9. The van der Waals surface area contributed by atoms with Gasteiger partial charge >= 0.3 is 0 Å². The van der Waals surface area contributed by atoms with Crippen LogP contribution in [-0.4, -0.2) is 29.9 Å². The van der Waals surface area contributed by atoms with Crippen LogP contribution in [0, 0.1) is 5.92 Å². The van der Waals surface area contributed by atoms with E-state index in [1.807, 2.05) is 0 Å². The maximum Gasteiger partial charge on any atom is 0.00923 e. The monoisotopic (exact) mass is 261 g/mol. The molecule has 1 aliphatic rings. The molecule has 0 heterocycles. The van der Waals surface area contributed by atoms with E-state index >= 15 is 0 Å². The average molecular weight is 262 g/mol. The lowest BCUT2D eigenvalue weighted by molar-refractivity contribution is 0.211. The first kappa shape index (κ1) is 12.5. The van der Waals surface area contributed by atoms with E-state index in [9.17, 15) is 0 Å². The van der Waals surface area contributed by atoms with Gasteiger partial charge in [0.15, 0.2) is 0 Å². The topological polar surface area (TPSA) is 3.24 Å². The van der Waals surface area contributed by atoms with Crippen LogP contribution in [0.15, 0.2) is 0 Å². The third kappa shape index (κ3) is 3.90. The van der Waals surface area contributed by atoms with Gasteiger partial charge in [0.2, 0.25) is 0 Å². The zero-order valence-corrected chi connectivity index (χ0v) is 11.2. The summed E-state index contributed by atoms with van der Waals surface area (Å²) in [6.07, 6.45) is 8.43. The number of halogens is 1. The van der Waals surface area contributed by atoms with Crippen LogP contribution in [0.1, 0.15) is 45.4 Å². The van der Waals surface area contributed by atoms with E-state index in [0.717, 1.165) is 17.3 Å². The quantitative estimate of drug-likeness (QED) is 0.660. The maximum absolute atomic E-state index is 3.63. The van der Waals surface area contributed by atoms with Crippen LogP contribution >= 0.6 is 15.9 Å². The van der Waals surface area contributed by atoms with E-state index in [4.69, 9.17) is 0 Å². The van der Waals surface area contributed by atoms with Gasteiger partial charge in [-0.1, -0.05) is 42.1 Å². The van der Waals surface area contributed by atoms with E-state index in [-0.39, 0.29) is 0 Å². The molecule has 0 aromatic rings. The third-order valence-electron chi connectivity index (χ3n) is 3.41. The molecule has 0 radical (unpaired) electrons. The van der Waals surface area contributed by atoms with Crippen LogP contribution in [0.25, 0.3) is 0 Å². The molecule has 0 aromatic carbocycles. The third-order valence-corrected chi connectivity index (χ3v) is 4.33. The van der Waals surface area contributed by atoms with Crippen molar-refractivity contribution < 1.29 is 0 Å². The predicted octanol–water partition coefficient (Wildman–Crippen LogP) is 3.67. The number of rotatable bonds is 6. The minimum absolute atomic E-state index is 0.852. The fourth-order valence-corrected chi connectivity index (χ4v) is 3.06. The van der Waals surface area contributed by atoms with Crippen molar-refractivity contribution in [3.05, 3.63) is 0 Å². The van der Waals surface area contributed by atoms with E-state index in [1.165, 1.54) is 45.1 Å². The highest BCUT2D eigenvalue weighted by Crippen LogP contribution is 2.24. The number of nitrogens with zero attached hydrogens (tertiary/aromatic N) is 1. The maximum atomic E-state index is 3.63. The second-order valence-corrected chi connectivity index (χ2v) is 5.33. The normalized spacial score (nSPS) is 20.6. The molecule has 1 unspecified atom stereocenters. The Labute approximate surface area is 97.4 Å². The SMILES string of the molecule is CCCC(CBr)CN(C)C1CCCC1. The summed E-state index contributed by atoms with van der Waals surface area (Å²) < 4.78 is 0. The van der Waals surface area contributed by atoms with Crippen molar-refractivity contribution in [1.82, 2.24) is 4.90 Å². The summed E-state index contributed by atoms with van der Waals surface area (Å²) in [6.45, 7) is 3.56. The molecular weight excluding hydrogens is 238 g/mol. The van der Waals surface area contributed by atoms with Gasteiger partial charge in [-0.2, -0.15) is 0 Å². The Morgan fingerprint density at radius 2 is 2.00 bits per heavy atom. The molecule has 2 heteroatoms. The van der Waals surface area contributed by atoms with Gasteiger partial charge in [0.25, 0.3) is 0 Å². The molecule has 1 nitrogen and oxygen atoms in total. The van der Waals surface area contributed by atoms with Gasteiger partial charge in [-0.15, -0.1) is 0 Å². The molecule has 0 aromatic heterocycles. The standard InChI is InChI=1S/C12H24BrN/c1-3-6-11(9-13)10-14(2)12-7-4-5-8-12/h11-12H,3-10H2,1-2H3. The van der Waals surface area contributed by atoms with E-state index < -0.39 is 0 Å². The first-order chi connectivity index (χ1) is 6.77. The van der Waals surface area contributed by atoms with Gasteiger partial charge in [0.1, 0.15) is 0 Å². The van der Waals surface area contributed by atoms with Crippen molar-refractivity contribution in [2.75, 3.05) is 18.9 Å². The molecule has 84 valence electrons. The van der Waals surface area contributed by atoms with Crippen molar-refractivity contribution in [3.8, 4) is 0 Å². The summed E-state index contributed by atoms with van der Waals surface area (Å²) in [5.41, 5.74) is 0. The molecule has 1 rings (SSSR count). The molecule has 1 aliphatic carbocycles. The van der Waals surface area contributed by atoms with Crippen LogP contribution in [-0.2, 0) is 0 Å². The minimum Gasteiger partial charge on any atom is -0.303 e. The van der Waals surface area contributed by atoms with Crippen molar-refractivity contribution in [3.63, 3.8) is 0 Å². The van der Waals surface area contributed by atoms with Crippen molar-refractivity contribution >= 4 is 15.9 Å². The van der Waals surface area contributed by atoms with Crippen LogP contribution in [0.4, 0.5) is 0 Å². The van der Waals surface area contributed by atoms with Crippen LogP contribution in [0.5, 0.6) is 0 Å². The molecule has 0 saturated heterocycles. The van der Waals surface area contributed by atoms with Gasteiger partial charge in [0, 0.05) is 17.9 Å². The highest BCUT2D eigenvalue weighted by Gasteiger charge is 2.21. The molecule has 0 N–H and O–H groups in total. The fraction of sp³-hybridized carbons (Fsp3) is 1.00. The van der Waals surface area contributed by atoms with Crippen LogP contribution in [0.2, 0.25) is 0 Å². The van der Waals surface area contributed by atoms with Crippen molar-refractivity contribution in [2.24, 2.45) is 5.92 Å². The van der Waals surface area contributed by atoms with E-state index in [1.54, 1.807) is 0 Å². The van der Waals surface area contributed by atoms with Gasteiger partial charge in [-0.25, -0.2) is 0 Å². The number of hydrogen-bond acceptors (Lipinski definition) is 1. The number of alkyl halides is 1. The Morgan fingerprint density at radius 1 is 1.36 bits per heavy atom. The Bertz CT molecular complexity index is 143. The Kier molecular flexibility index (Phi) is 6.11. The van der Waals surface area contributed by atoms with Crippen molar-refractivity contribution in [1.29, 1.82) is 0 Å². The lowest BCUT2D eigenvalue weighted by atomic mass is 10.0. The fourth-order valence-electron chi connectivity index (χ4n) is 2.53. The predicted molar refractivity (Wildman–Crippen MR) is 67.1 cm³/mol. The molecule has 0 bridgehead atoms. The first-order valence-electron chi connectivity index (χ1n) is 6.04. The molecule has 0 spiro atoms. The van der Waals surface area contributed by atoms with Crippen LogP contribution < -0.4 is 0 Å². The summed E-state index contributed by atoms with van der Waals surface area (Å²) in [6, 6.07) is 0.883. The summed E-state index contributed by atoms with van der Waals surface area (Å²) in [7, 11) is 2.31. The van der Waals surface area contributed by atoms with E-state index in [0.29, 0.717) is 0 Å². The lowest BCUT2D eigenvalue weighted by Gasteiger charge is -2.27. The second kappa shape index (κ2) is 6.84. The summed E-state index contributed by atoms with van der Waals surface area (Å²) in [5.74, 6) is 0.852. The Hall–Kier alpha value is 0.440. The molecule has 14 heavy (non-hydrogen) atoms. The van der Waals surface area contributed by atoms with Crippen molar-refractivity contribution in [2.45, 2.75) is 51.5 Å². The van der Waals surface area contributed by atoms with Gasteiger partial charge < -0.3 is 4.90 Å². The first-order valence-corrected chi connectivity index (χ1v) is 7.16.